The molecule has 0 aliphatic rings. The number of hydrogen-bond acceptors (Lipinski definition) is 4. The maximum Gasteiger partial charge on any atom is 0.328 e. The third kappa shape index (κ3) is 5.01. The molecule has 1 heterocycles. The van der Waals surface area contributed by atoms with Crippen molar-refractivity contribution in [2.75, 3.05) is 0 Å². The molecular formula is C12H15Cl2NO3S. The number of nitrogens with one attached hydrogen (secondary N) is 1. The number of halogens is 2. The maximum atomic E-state index is 11.9. The minimum absolute atomic E-state index is 0.257. The SMILES string of the molecule is C[C@H](NC(=O)c1cc(Cl)sc1Cl)C(=O)OC(C)(C)C. The standard InChI is InChI=1S/C12H15Cl2NO3S/c1-6(11(17)18-12(2,3)4)15-10(16)7-5-8(13)19-9(7)14/h5-6H,1-4H3,(H,15,16)/t6-/m0/s1. The lowest BCUT2D eigenvalue weighted by Crippen LogP contribution is -2.42. The lowest BCUT2D eigenvalue weighted by molar-refractivity contribution is -0.156. The molecule has 0 saturated carbocycles. The Labute approximate surface area is 126 Å². The van der Waals surface area contributed by atoms with Gasteiger partial charge in [0.1, 0.15) is 16.0 Å². The third-order valence-electron chi connectivity index (χ3n) is 2.01. The van der Waals surface area contributed by atoms with Crippen molar-refractivity contribution in [1.82, 2.24) is 5.32 Å². The van der Waals surface area contributed by atoms with Crippen molar-refractivity contribution in [2.24, 2.45) is 0 Å². The van der Waals surface area contributed by atoms with Gasteiger partial charge >= 0.3 is 5.97 Å². The summed E-state index contributed by atoms with van der Waals surface area (Å²) in [5, 5.41) is 2.52. The highest BCUT2D eigenvalue weighted by Crippen LogP contribution is 2.31. The van der Waals surface area contributed by atoms with Crippen molar-refractivity contribution in [2.45, 2.75) is 39.3 Å². The largest absolute Gasteiger partial charge is 0.458 e. The van der Waals surface area contributed by atoms with Gasteiger partial charge in [0.05, 0.1) is 9.90 Å². The van der Waals surface area contributed by atoms with Crippen LogP contribution in [-0.2, 0) is 9.53 Å². The van der Waals surface area contributed by atoms with Crippen LogP contribution in [0.1, 0.15) is 38.1 Å². The summed E-state index contributed by atoms with van der Waals surface area (Å²) in [6, 6.07) is 0.701. The van der Waals surface area contributed by atoms with Crippen molar-refractivity contribution < 1.29 is 14.3 Å². The monoisotopic (exact) mass is 323 g/mol. The predicted molar refractivity (Wildman–Crippen MR) is 77.1 cm³/mol. The maximum absolute atomic E-state index is 11.9. The van der Waals surface area contributed by atoms with E-state index >= 15 is 0 Å². The molecule has 1 amide bonds. The average Bonchev–Trinajstić information content (AvgIpc) is 2.55. The molecule has 0 unspecified atom stereocenters. The third-order valence-corrected chi connectivity index (χ3v) is 3.50. The van der Waals surface area contributed by atoms with Gasteiger partial charge in [-0.25, -0.2) is 4.79 Å². The van der Waals surface area contributed by atoms with Crippen molar-refractivity contribution in [3.05, 3.63) is 20.3 Å². The number of amides is 1. The molecule has 0 spiro atoms. The normalized spacial score (nSPS) is 12.9. The Morgan fingerprint density at radius 1 is 1.37 bits per heavy atom. The molecule has 1 aromatic rings. The quantitative estimate of drug-likeness (QED) is 0.866. The Morgan fingerprint density at radius 2 is 1.95 bits per heavy atom. The first-order chi connectivity index (χ1) is 8.60. The van der Waals surface area contributed by atoms with E-state index in [4.69, 9.17) is 27.9 Å². The first-order valence-electron chi connectivity index (χ1n) is 5.58. The molecular weight excluding hydrogens is 309 g/mol. The summed E-state index contributed by atoms with van der Waals surface area (Å²) in [5.74, 6) is -0.954. The van der Waals surface area contributed by atoms with E-state index in [2.05, 4.69) is 5.32 Å². The molecule has 1 rings (SSSR count). The highest BCUT2D eigenvalue weighted by atomic mass is 35.5. The molecule has 1 N–H and O–H groups in total. The van der Waals surface area contributed by atoms with Crippen LogP contribution in [0.5, 0.6) is 0 Å². The van der Waals surface area contributed by atoms with Crippen molar-refractivity contribution in [3.8, 4) is 0 Å². The second kappa shape index (κ2) is 6.11. The minimum Gasteiger partial charge on any atom is -0.458 e. The number of esters is 1. The number of carbonyl (C=O) groups is 2. The van der Waals surface area contributed by atoms with Crippen LogP contribution >= 0.6 is 34.5 Å². The summed E-state index contributed by atoms with van der Waals surface area (Å²) in [6.07, 6.45) is 0. The van der Waals surface area contributed by atoms with Gasteiger partial charge in [0.2, 0.25) is 0 Å². The molecule has 0 aromatic carbocycles. The van der Waals surface area contributed by atoms with E-state index in [0.29, 0.717) is 8.67 Å². The molecule has 0 saturated heterocycles. The second-order valence-corrected chi connectivity index (χ2v) is 7.25. The lowest BCUT2D eigenvalue weighted by Gasteiger charge is -2.22. The van der Waals surface area contributed by atoms with E-state index in [0.717, 1.165) is 11.3 Å². The number of carbonyl (C=O) groups excluding carboxylic acids is 2. The molecule has 1 atom stereocenters. The van der Waals surface area contributed by atoms with E-state index in [-0.39, 0.29) is 5.56 Å². The molecule has 19 heavy (non-hydrogen) atoms. The van der Waals surface area contributed by atoms with Gasteiger partial charge < -0.3 is 10.1 Å². The Balaban J connectivity index is 2.67. The summed E-state index contributed by atoms with van der Waals surface area (Å²) < 4.78 is 5.87. The number of hydrogen-bond donors (Lipinski definition) is 1. The molecule has 0 bridgehead atoms. The van der Waals surface area contributed by atoms with Crippen molar-refractivity contribution >= 4 is 46.4 Å². The summed E-state index contributed by atoms with van der Waals surface area (Å²) in [6.45, 7) is 6.83. The number of ether oxygens (including phenoxy) is 1. The number of thiophene rings is 1. The van der Waals surface area contributed by atoms with E-state index in [1.807, 2.05) is 0 Å². The zero-order valence-electron chi connectivity index (χ0n) is 11.0. The molecule has 7 heteroatoms. The summed E-state index contributed by atoms with van der Waals surface area (Å²) >= 11 is 12.7. The van der Waals surface area contributed by atoms with Crippen LogP contribution in [0.25, 0.3) is 0 Å². The first kappa shape index (κ1) is 16.3. The first-order valence-corrected chi connectivity index (χ1v) is 7.16. The van der Waals surface area contributed by atoms with Crippen LogP contribution in [0.4, 0.5) is 0 Å². The predicted octanol–water partition coefficient (Wildman–Crippen LogP) is 3.51. The van der Waals surface area contributed by atoms with Crippen molar-refractivity contribution in [1.29, 1.82) is 0 Å². The molecule has 0 aliphatic heterocycles. The van der Waals surface area contributed by atoms with Gasteiger partial charge in [-0.3, -0.25) is 4.79 Å². The van der Waals surface area contributed by atoms with Gasteiger partial charge in [-0.05, 0) is 33.8 Å². The van der Waals surface area contributed by atoms with E-state index in [9.17, 15) is 9.59 Å². The van der Waals surface area contributed by atoms with Crippen molar-refractivity contribution in [3.63, 3.8) is 0 Å². The zero-order chi connectivity index (χ0) is 14.8. The van der Waals surface area contributed by atoms with Gasteiger partial charge in [0.15, 0.2) is 0 Å². The second-order valence-electron chi connectivity index (χ2n) is 4.97. The molecule has 4 nitrogen and oxygen atoms in total. The van der Waals surface area contributed by atoms with E-state index in [1.54, 1.807) is 27.7 Å². The van der Waals surface area contributed by atoms with Crippen LogP contribution in [0, 0.1) is 0 Å². The fourth-order valence-corrected chi connectivity index (χ4v) is 2.68. The zero-order valence-corrected chi connectivity index (χ0v) is 13.4. The van der Waals surface area contributed by atoms with Crippen LogP contribution in [-0.4, -0.2) is 23.5 Å². The van der Waals surface area contributed by atoms with Crippen LogP contribution < -0.4 is 5.32 Å². The topological polar surface area (TPSA) is 55.4 Å². The highest BCUT2D eigenvalue weighted by Gasteiger charge is 2.24. The summed E-state index contributed by atoms with van der Waals surface area (Å²) in [4.78, 5) is 23.6. The van der Waals surface area contributed by atoms with E-state index < -0.39 is 23.5 Å². The van der Waals surface area contributed by atoms with Gasteiger partial charge in [-0.1, -0.05) is 23.2 Å². The van der Waals surface area contributed by atoms with Crippen LogP contribution in [0.15, 0.2) is 6.07 Å². The fraction of sp³-hybridized carbons (Fsp3) is 0.500. The summed E-state index contributed by atoms with van der Waals surface area (Å²) in [7, 11) is 0. The van der Waals surface area contributed by atoms with Crippen LogP contribution in [0.3, 0.4) is 0 Å². The van der Waals surface area contributed by atoms with E-state index in [1.165, 1.54) is 6.07 Å². The van der Waals surface area contributed by atoms with Crippen LogP contribution in [0.2, 0.25) is 8.67 Å². The fourth-order valence-electron chi connectivity index (χ4n) is 1.22. The highest BCUT2D eigenvalue weighted by molar-refractivity contribution is 7.20. The Morgan fingerprint density at radius 3 is 2.37 bits per heavy atom. The molecule has 0 fully saturated rings. The van der Waals surface area contributed by atoms with Gasteiger partial charge in [0, 0.05) is 0 Å². The smallest absolute Gasteiger partial charge is 0.328 e. The lowest BCUT2D eigenvalue weighted by atomic mass is 10.2. The minimum atomic E-state index is -0.763. The molecule has 0 aliphatic carbocycles. The average molecular weight is 324 g/mol. The van der Waals surface area contributed by atoms with Gasteiger partial charge in [-0.2, -0.15) is 0 Å². The molecule has 106 valence electrons. The molecule has 1 aromatic heterocycles. The number of rotatable bonds is 3. The van der Waals surface area contributed by atoms with Gasteiger partial charge in [0.25, 0.3) is 5.91 Å². The Kier molecular flexibility index (Phi) is 5.24. The summed E-state index contributed by atoms with van der Waals surface area (Å²) in [5.41, 5.74) is -0.341. The van der Waals surface area contributed by atoms with Gasteiger partial charge in [-0.15, -0.1) is 11.3 Å². The Hall–Kier alpha value is -0.780. The molecule has 0 radical (unpaired) electrons. The Bertz CT molecular complexity index is 494.